The van der Waals surface area contributed by atoms with Crippen LogP contribution in [0.5, 0.6) is 0 Å². The van der Waals surface area contributed by atoms with Crippen molar-refractivity contribution in [3.63, 3.8) is 0 Å². The van der Waals surface area contributed by atoms with Crippen molar-refractivity contribution in [1.29, 1.82) is 0 Å². The fourth-order valence-electron chi connectivity index (χ4n) is 1.87. The van der Waals surface area contributed by atoms with Crippen LogP contribution < -0.4 is 4.90 Å². The molecule has 0 radical (unpaired) electrons. The highest BCUT2D eigenvalue weighted by atomic mass is 32.1. The molecule has 1 atom stereocenters. The normalized spacial score (nSPS) is 12.4. The average molecular weight is 262 g/mol. The lowest BCUT2D eigenvalue weighted by atomic mass is 10.2. The van der Waals surface area contributed by atoms with Crippen LogP contribution in [0.25, 0.3) is 0 Å². The van der Waals surface area contributed by atoms with Gasteiger partial charge in [-0.15, -0.1) is 0 Å². The summed E-state index contributed by atoms with van der Waals surface area (Å²) in [6.45, 7) is 6.83. The molecule has 1 aromatic heterocycles. The van der Waals surface area contributed by atoms with E-state index in [4.69, 9.17) is 0 Å². The van der Waals surface area contributed by atoms with Gasteiger partial charge in [0.15, 0.2) is 5.13 Å². The Balaban J connectivity index is 2.36. The van der Waals surface area contributed by atoms with E-state index < -0.39 is 6.10 Å². The highest BCUT2D eigenvalue weighted by Crippen LogP contribution is 2.33. The van der Waals surface area contributed by atoms with Crippen molar-refractivity contribution < 1.29 is 5.11 Å². The van der Waals surface area contributed by atoms with Crippen LogP contribution in [0.1, 0.15) is 30.4 Å². The fraction of sp³-hybridized carbons (Fsp3) is 0.357. The van der Waals surface area contributed by atoms with E-state index in [2.05, 4.69) is 35.9 Å². The van der Waals surface area contributed by atoms with Crippen LogP contribution in [0.15, 0.2) is 30.5 Å². The van der Waals surface area contributed by atoms with Gasteiger partial charge in [-0.05, 0) is 32.4 Å². The smallest absolute Gasteiger partial charge is 0.190 e. The molecule has 18 heavy (non-hydrogen) atoms. The summed E-state index contributed by atoms with van der Waals surface area (Å²) >= 11 is 1.54. The number of para-hydroxylation sites is 1. The third-order valence-electron chi connectivity index (χ3n) is 2.88. The van der Waals surface area contributed by atoms with Crippen molar-refractivity contribution in [2.75, 3.05) is 11.4 Å². The lowest BCUT2D eigenvalue weighted by Gasteiger charge is -2.21. The number of benzene rings is 1. The van der Waals surface area contributed by atoms with Crippen molar-refractivity contribution in [2.24, 2.45) is 0 Å². The summed E-state index contributed by atoms with van der Waals surface area (Å²) in [4.78, 5) is 7.48. The number of anilines is 2. The minimum absolute atomic E-state index is 0.452. The van der Waals surface area contributed by atoms with Crippen molar-refractivity contribution in [1.82, 2.24) is 4.98 Å². The van der Waals surface area contributed by atoms with E-state index in [1.807, 2.05) is 12.1 Å². The Kier molecular flexibility index (Phi) is 3.99. The summed E-state index contributed by atoms with van der Waals surface area (Å²) in [5.41, 5.74) is 2.40. The third-order valence-corrected chi connectivity index (χ3v) is 4.07. The third kappa shape index (κ3) is 2.54. The number of aromatic nitrogens is 1. The van der Waals surface area contributed by atoms with Crippen LogP contribution in [0.4, 0.5) is 10.8 Å². The van der Waals surface area contributed by atoms with Gasteiger partial charge in [-0.25, -0.2) is 4.98 Å². The predicted molar refractivity (Wildman–Crippen MR) is 76.6 cm³/mol. The highest BCUT2D eigenvalue weighted by molar-refractivity contribution is 7.15. The van der Waals surface area contributed by atoms with Gasteiger partial charge in [0.25, 0.3) is 0 Å². The van der Waals surface area contributed by atoms with Crippen LogP contribution in [-0.4, -0.2) is 16.6 Å². The second-order valence-electron chi connectivity index (χ2n) is 4.25. The summed E-state index contributed by atoms with van der Waals surface area (Å²) in [5, 5.41) is 10.5. The van der Waals surface area contributed by atoms with Gasteiger partial charge in [0.05, 0.1) is 11.0 Å². The molecule has 1 N–H and O–H groups in total. The number of aliphatic hydroxyl groups excluding tert-OH is 1. The van der Waals surface area contributed by atoms with Crippen LogP contribution >= 0.6 is 11.3 Å². The molecule has 1 unspecified atom stereocenters. The Labute approximate surface area is 112 Å². The zero-order valence-electron chi connectivity index (χ0n) is 10.9. The number of hydrogen-bond donors (Lipinski definition) is 1. The zero-order valence-corrected chi connectivity index (χ0v) is 11.7. The average Bonchev–Trinajstić information content (AvgIpc) is 2.82. The Bertz CT molecular complexity index is 522. The molecule has 96 valence electrons. The highest BCUT2D eigenvalue weighted by Gasteiger charge is 2.14. The maximum absolute atomic E-state index is 9.57. The van der Waals surface area contributed by atoms with E-state index >= 15 is 0 Å². The Morgan fingerprint density at radius 3 is 2.67 bits per heavy atom. The van der Waals surface area contributed by atoms with Gasteiger partial charge in [-0.3, -0.25) is 0 Å². The first kappa shape index (κ1) is 13.1. The molecule has 0 aliphatic carbocycles. The second-order valence-corrected chi connectivity index (χ2v) is 5.29. The molecule has 0 aliphatic heterocycles. The summed E-state index contributed by atoms with van der Waals surface area (Å²) in [5.74, 6) is 0. The van der Waals surface area contributed by atoms with Crippen LogP contribution in [0.2, 0.25) is 0 Å². The van der Waals surface area contributed by atoms with Crippen LogP contribution in [0, 0.1) is 6.92 Å². The van der Waals surface area contributed by atoms with Gasteiger partial charge in [-0.1, -0.05) is 29.5 Å². The van der Waals surface area contributed by atoms with E-state index in [0.717, 1.165) is 16.6 Å². The molecule has 0 amide bonds. The van der Waals surface area contributed by atoms with Crippen LogP contribution in [-0.2, 0) is 0 Å². The Morgan fingerprint density at radius 2 is 2.11 bits per heavy atom. The first-order valence-corrected chi connectivity index (χ1v) is 6.92. The molecule has 2 rings (SSSR count). The van der Waals surface area contributed by atoms with E-state index in [0.29, 0.717) is 0 Å². The number of hydrogen-bond acceptors (Lipinski definition) is 4. The number of thiazole rings is 1. The van der Waals surface area contributed by atoms with E-state index in [-0.39, 0.29) is 0 Å². The molecular formula is C14H18N2OS. The lowest BCUT2D eigenvalue weighted by Crippen LogP contribution is -2.16. The first-order valence-electron chi connectivity index (χ1n) is 6.10. The van der Waals surface area contributed by atoms with E-state index in [9.17, 15) is 5.11 Å². The molecule has 1 aromatic carbocycles. The van der Waals surface area contributed by atoms with Crippen molar-refractivity contribution in [2.45, 2.75) is 26.9 Å². The van der Waals surface area contributed by atoms with Gasteiger partial charge in [0.2, 0.25) is 0 Å². The lowest BCUT2D eigenvalue weighted by molar-refractivity contribution is 0.203. The van der Waals surface area contributed by atoms with Gasteiger partial charge in [0.1, 0.15) is 0 Å². The molecule has 0 saturated carbocycles. The summed E-state index contributed by atoms with van der Waals surface area (Å²) in [7, 11) is 0. The number of aryl methyl sites for hydroxylation is 1. The summed E-state index contributed by atoms with van der Waals surface area (Å²) in [6, 6.07) is 8.27. The molecule has 1 heterocycles. The molecule has 0 saturated heterocycles. The SMILES string of the molecule is CCN(c1ncc(C(C)O)s1)c1ccccc1C. The van der Waals surface area contributed by atoms with Crippen LogP contribution in [0.3, 0.4) is 0 Å². The molecule has 0 bridgehead atoms. The molecule has 3 nitrogen and oxygen atoms in total. The van der Waals surface area contributed by atoms with Crippen molar-refractivity contribution in [3.8, 4) is 0 Å². The van der Waals surface area contributed by atoms with Gasteiger partial charge >= 0.3 is 0 Å². The van der Waals surface area contributed by atoms with Gasteiger partial charge in [-0.2, -0.15) is 0 Å². The minimum atomic E-state index is -0.452. The molecule has 0 spiro atoms. The maximum atomic E-state index is 9.57. The Hall–Kier alpha value is -1.39. The van der Waals surface area contributed by atoms with Gasteiger partial charge < -0.3 is 10.0 Å². The second kappa shape index (κ2) is 5.50. The fourth-order valence-corrected chi connectivity index (χ4v) is 2.80. The predicted octanol–water partition coefficient (Wildman–Crippen LogP) is 3.66. The minimum Gasteiger partial charge on any atom is -0.388 e. The molecule has 0 aliphatic rings. The molecule has 4 heteroatoms. The van der Waals surface area contributed by atoms with Crippen molar-refractivity contribution >= 4 is 22.2 Å². The topological polar surface area (TPSA) is 36.4 Å². The van der Waals surface area contributed by atoms with Gasteiger partial charge in [0, 0.05) is 18.4 Å². The van der Waals surface area contributed by atoms with E-state index in [1.165, 1.54) is 11.3 Å². The molecule has 0 fully saturated rings. The Morgan fingerprint density at radius 1 is 1.39 bits per heavy atom. The zero-order chi connectivity index (χ0) is 13.1. The summed E-state index contributed by atoms with van der Waals surface area (Å²) in [6.07, 6.45) is 1.30. The summed E-state index contributed by atoms with van der Waals surface area (Å²) < 4.78 is 0. The number of nitrogens with zero attached hydrogens (tertiary/aromatic N) is 2. The van der Waals surface area contributed by atoms with E-state index in [1.54, 1.807) is 24.5 Å². The molecular weight excluding hydrogens is 244 g/mol. The first-order chi connectivity index (χ1) is 8.63. The number of rotatable bonds is 4. The molecule has 2 aromatic rings. The maximum Gasteiger partial charge on any atom is 0.190 e. The number of aliphatic hydroxyl groups is 1. The quantitative estimate of drug-likeness (QED) is 0.913. The standard InChI is InChI=1S/C14H18N2OS/c1-4-16(12-8-6-5-7-10(12)2)14-15-9-13(18-14)11(3)17/h5-9,11,17H,4H2,1-3H3. The monoisotopic (exact) mass is 262 g/mol. The van der Waals surface area contributed by atoms with Crippen molar-refractivity contribution in [3.05, 3.63) is 40.9 Å². The largest absolute Gasteiger partial charge is 0.388 e.